The molecule has 0 bridgehead atoms. The second-order valence-corrected chi connectivity index (χ2v) is 5.70. The minimum atomic E-state index is 0.580. The van der Waals surface area contributed by atoms with Gasteiger partial charge in [-0.1, -0.05) is 0 Å². The smallest absolute Gasteiger partial charge is 0.158 e. The van der Waals surface area contributed by atoms with E-state index in [1.807, 2.05) is 10.6 Å². The molecule has 0 saturated heterocycles. The summed E-state index contributed by atoms with van der Waals surface area (Å²) in [6, 6.07) is 1.96. The molecule has 0 unspecified atom stereocenters. The van der Waals surface area contributed by atoms with Crippen LogP contribution in [0, 0.1) is 0 Å². The van der Waals surface area contributed by atoms with E-state index in [0.717, 1.165) is 35.7 Å². The first-order valence-electron chi connectivity index (χ1n) is 7.98. The fourth-order valence-corrected chi connectivity index (χ4v) is 3.08. The molecule has 7 nitrogen and oxygen atoms in total. The maximum atomic E-state index is 5.67. The van der Waals surface area contributed by atoms with Crippen LogP contribution < -0.4 is 11.1 Å². The molecule has 3 N–H and O–H groups in total. The van der Waals surface area contributed by atoms with E-state index in [1.165, 1.54) is 24.1 Å². The normalized spacial score (nSPS) is 14.0. The molecule has 4 rings (SSSR count). The summed E-state index contributed by atoms with van der Waals surface area (Å²) in [6.07, 6.45) is 9.48. The molecule has 3 aromatic rings. The molecule has 0 fully saturated rings. The summed E-state index contributed by atoms with van der Waals surface area (Å²) in [5.74, 6) is 1.02. The van der Waals surface area contributed by atoms with Gasteiger partial charge in [-0.2, -0.15) is 9.61 Å². The van der Waals surface area contributed by atoms with E-state index in [0.29, 0.717) is 13.1 Å². The van der Waals surface area contributed by atoms with Crippen LogP contribution in [0.3, 0.4) is 0 Å². The second kappa shape index (κ2) is 5.92. The molecule has 23 heavy (non-hydrogen) atoms. The number of rotatable bonds is 4. The van der Waals surface area contributed by atoms with Gasteiger partial charge < -0.3 is 11.1 Å². The Balaban J connectivity index is 1.89. The molecule has 118 valence electrons. The van der Waals surface area contributed by atoms with Crippen molar-refractivity contribution >= 4 is 11.5 Å². The number of fused-ring (bicyclic) bond motifs is 2. The van der Waals surface area contributed by atoms with E-state index in [9.17, 15) is 0 Å². The average molecular weight is 309 g/mol. The summed E-state index contributed by atoms with van der Waals surface area (Å²) in [5, 5.41) is 8.12. The third kappa shape index (κ3) is 2.53. The number of nitrogens with zero attached hydrogens (tertiary/aromatic N) is 5. The Labute approximate surface area is 134 Å². The van der Waals surface area contributed by atoms with Crippen molar-refractivity contribution in [2.24, 2.45) is 5.73 Å². The van der Waals surface area contributed by atoms with Gasteiger partial charge in [-0.05, 0) is 25.7 Å². The second-order valence-electron chi connectivity index (χ2n) is 5.70. The van der Waals surface area contributed by atoms with Crippen LogP contribution in [-0.2, 0) is 12.8 Å². The molecule has 3 heterocycles. The van der Waals surface area contributed by atoms with Crippen LogP contribution in [0.5, 0.6) is 0 Å². The Morgan fingerprint density at radius 3 is 2.91 bits per heavy atom. The highest BCUT2D eigenvalue weighted by Crippen LogP contribution is 2.29. The SMILES string of the molecule is NCCNc1c2c(nc3cc(-c4cnccn4)nn13)CCCC2. The third-order valence-corrected chi connectivity index (χ3v) is 4.14. The zero-order valence-corrected chi connectivity index (χ0v) is 12.9. The first-order chi connectivity index (χ1) is 11.4. The molecule has 0 aromatic carbocycles. The van der Waals surface area contributed by atoms with Gasteiger partial charge in [0.05, 0.1) is 6.20 Å². The molecule has 0 saturated carbocycles. The number of nitrogens with two attached hydrogens (primary N) is 1. The molecule has 3 aromatic heterocycles. The Morgan fingerprint density at radius 2 is 2.09 bits per heavy atom. The molecule has 0 amide bonds. The third-order valence-electron chi connectivity index (χ3n) is 4.14. The predicted octanol–water partition coefficient (Wildman–Crippen LogP) is 1.44. The van der Waals surface area contributed by atoms with E-state index in [2.05, 4.69) is 15.3 Å². The number of nitrogens with one attached hydrogen (secondary N) is 1. The van der Waals surface area contributed by atoms with Crippen LogP contribution in [0.4, 0.5) is 5.82 Å². The van der Waals surface area contributed by atoms with Gasteiger partial charge >= 0.3 is 0 Å². The topological polar surface area (TPSA) is 94.0 Å². The van der Waals surface area contributed by atoms with Crippen LogP contribution in [0.15, 0.2) is 24.7 Å². The Morgan fingerprint density at radius 1 is 1.17 bits per heavy atom. The largest absolute Gasteiger partial charge is 0.368 e. The molecule has 0 radical (unpaired) electrons. The van der Waals surface area contributed by atoms with Gasteiger partial charge in [0, 0.05) is 42.8 Å². The van der Waals surface area contributed by atoms with E-state index < -0.39 is 0 Å². The monoisotopic (exact) mass is 309 g/mol. The van der Waals surface area contributed by atoms with Gasteiger partial charge in [0.15, 0.2) is 5.65 Å². The summed E-state index contributed by atoms with van der Waals surface area (Å²) in [7, 11) is 0. The zero-order chi connectivity index (χ0) is 15.6. The first kappa shape index (κ1) is 14.1. The predicted molar refractivity (Wildman–Crippen MR) is 88.2 cm³/mol. The molecule has 0 aliphatic heterocycles. The van der Waals surface area contributed by atoms with Crippen molar-refractivity contribution in [2.45, 2.75) is 25.7 Å². The van der Waals surface area contributed by atoms with E-state index in [4.69, 9.17) is 15.8 Å². The lowest BCUT2D eigenvalue weighted by Crippen LogP contribution is -2.19. The number of aryl methyl sites for hydroxylation is 1. The van der Waals surface area contributed by atoms with E-state index >= 15 is 0 Å². The lowest BCUT2D eigenvalue weighted by molar-refractivity contribution is 0.661. The molecule has 7 heteroatoms. The van der Waals surface area contributed by atoms with Crippen molar-refractivity contribution in [3.05, 3.63) is 35.9 Å². The van der Waals surface area contributed by atoms with Gasteiger partial charge in [0.2, 0.25) is 0 Å². The number of aromatic nitrogens is 5. The maximum Gasteiger partial charge on any atom is 0.158 e. The van der Waals surface area contributed by atoms with Crippen LogP contribution >= 0.6 is 0 Å². The summed E-state index contributed by atoms with van der Waals surface area (Å²) in [6.45, 7) is 1.29. The fourth-order valence-electron chi connectivity index (χ4n) is 3.08. The Hall–Kier alpha value is -2.54. The van der Waals surface area contributed by atoms with Gasteiger partial charge in [-0.25, -0.2) is 4.98 Å². The summed E-state index contributed by atoms with van der Waals surface area (Å²) >= 11 is 0. The standard InChI is InChI=1S/C16H19N7/c17-5-6-20-16-11-3-1-2-4-12(11)21-15-9-13(22-23(15)16)14-10-18-7-8-19-14/h7-10,20H,1-6,17H2. The summed E-state index contributed by atoms with van der Waals surface area (Å²) < 4.78 is 1.88. The fraction of sp³-hybridized carbons (Fsp3) is 0.375. The van der Waals surface area contributed by atoms with Crippen LogP contribution in [-0.4, -0.2) is 37.7 Å². The Bertz CT molecular complexity index is 825. The summed E-state index contributed by atoms with van der Waals surface area (Å²) in [4.78, 5) is 13.3. The van der Waals surface area contributed by atoms with Gasteiger partial charge in [0.25, 0.3) is 0 Å². The number of anilines is 1. The lowest BCUT2D eigenvalue weighted by Gasteiger charge is -2.20. The molecule has 0 atom stereocenters. The highest BCUT2D eigenvalue weighted by Gasteiger charge is 2.20. The van der Waals surface area contributed by atoms with Crippen LogP contribution in [0.25, 0.3) is 17.0 Å². The average Bonchev–Trinajstić information content (AvgIpc) is 3.03. The van der Waals surface area contributed by atoms with Crippen molar-refractivity contribution in [2.75, 3.05) is 18.4 Å². The quantitative estimate of drug-likeness (QED) is 0.757. The molecular weight excluding hydrogens is 290 g/mol. The van der Waals surface area contributed by atoms with Crippen molar-refractivity contribution in [3.63, 3.8) is 0 Å². The van der Waals surface area contributed by atoms with Crippen molar-refractivity contribution in [3.8, 4) is 11.4 Å². The van der Waals surface area contributed by atoms with E-state index in [-0.39, 0.29) is 0 Å². The van der Waals surface area contributed by atoms with Gasteiger partial charge in [-0.3, -0.25) is 9.97 Å². The Kier molecular flexibility index (Phi) is 3.63. The maximum absolute atomic E-state index is 5.67. The first-order valence-corrected chi connectivity index (χ1v) is 7.98. The molecule has 1 aliphatic carbocycles. The van der Waals surface area contributed by atoms with Gasteiger partial charge in [0.1, 0.15) is 17.2 Å². The number of hydrogen-bond donors (Lipinski definition) is 2. The molecular formula is C16H19N7. The number of hydrogen-bond acceptors (Lipinski definition) is 6. The molecule has 1 aliphatic rings. The van der Waals surface area contributed by atoms with E-state index in [1.54, 1.807) is 18.6 Å². The van der Waals surface area contributed by atoms with Gasteiger partial charge in [-0.15, -0.1) is 0 Å². The van der Waals surface area contributed by atoms with Crippen molar-refractivity contribution in [1.29, 1.82) is 0 Å². The van der Waals surface area contributed by atoms with Crippen LogP contribution in [0.1, 0.15) is 24.1 Å². The highest BCUT2D eigenvalue weighted by atomic mass is 15.3. The highest BCUT2D eigenvalue weighted by molar-refractivity contribution is 5.64. The minimum absolute atomic E-state index is 0.580. The van der Waals surface area contributed by atoms with Crippen molar-refractivity contribution in [1.82, 2.24) is 24.6 Å². The summed E-state index contributed by atoms with van der Waals surface area (Å²) in [5.41, 5.74) is 10.5. The molecule has 0 spiro atoms. The zero-order valence-electron chi connectivity index (χ0n) is 12.9. The van der Waals surface area contributed by atoms with Crippen LogP contribution in [0.2, 0.25) is 0 Å². The lowest BCUT2D eigenvalue weighted by atomic mass is 9.96. The van der Waals surface area contributed by atoms with Crippen molar-refractivity contribution < 1.29 is 0 Å². The minimum Gasteiger partial charge on any atom is -0.368 e.